The van der Waals surface area contributed by atoms with Crippen LogP contribution in [0.5, 0.6) is 0 Å². The Morgan fingerprint density at radius 1 is 1.36 bits per heavy atom. The minimum Gasteiger partial charge on any atom is -0.371 e. The molecule has 0 amide bonds. The van der Waals surface area contributed by atoms with E-state index in [4.69, 9.17) is 10.5 Å². The smallest absolute Gasteiger partial charge is 0.0795 e. The van der Waals surface area contributed by atoms with Gasteiger partial charge in [0, 0.05) is 0 Å². The predicted octanol–water partition coefficient (Wildman–Crippen LogP) is 2.24. The molecule has 1 aromatic carbocycles. The van der Waals surface area contributed by atoms with Crippen molar-refractivity contribution in [2.24, 2.45) is 11.7 Å². The van der Waals surface area contributed by atoms with Crippen LogP contribution in [0.15, 0.2) is 24.3 Å². The number of hydrogen-bond donors (Lipinski definition) is 1. The minimum atomic E-state index is 0.0277. The number of ether oxygens (including phenoxy) is 1. The molecule has 1 heterocycles. The Balaban J connectivity index is 2.31. The molecular formula is C12H17NO. The first-order chi connectivity index (χ1) is 6.70. The quantitative estimate of drug-likeness (QED) is 0.739. The first-order valence-corrected chi connectivity index (χ1v) is 5.15. The molecule has 0 aromatic heterocycles. The van der Waals surface area contributed by atoms with E-state index in [1.165, 1.54) is 11.1 Å². The Kier molecular flexibility index (Phi) is 2.57. The maximum absolute atomic E-state index is 6.17. The zero-order valence-electron chi connectivity index (χ0n) is 8.73. The molecular weight excluding hydrogens is 174 g/mol. The predicted molar refractivity (Wildman–Crippen MR) is 56.8 cm³/mol. The summed E-state index contributed by atoms with van der Waals surface area (Å²) in [7, 11) is 0. The molecule has 0 saturated carbocycles. The van der Waals surface area contributed by atoms with Crippen LogP contribution in [-0.4, -0.2) is 6.10 Å². The summed E-state index contributed by atoms with van der Waals surface area (Å²) in [6.07, 6.45) is 0.157. The SMILES string of the molecule is CC(C)[C@@H]1OCc2ccccc2[C@H]1N. The van der Waals surface area contributed by atoms with E-state index in [0.29, 0.717) is 12.5 Å². The molecule has 0 saturated heterocycles. The fourth-order valence-electron chi connectivity index (χ4n) is 2.06. The average Bonchev–Trinajstić information content (AvgIpc) is 2.18. The summed E-state index contributed by atoms with van der Waals surface area (Å²) < 4.78 is 5.75. The van der Waals surface area contributed by atoms with Crippen molar-refractivity contribution in [3.8, 4) is 0 Å². The fraction of sp³-hybridized carbons (Fsp3) is 0.500. The van der Waals surface area contributed by atoms with Crippen LogP contribution in [0.25, 0.3) is 0 Å². The third-order valence-electron chi connectivity index (χ3n) is 2.86. The monoisotopic (exact) mass is 191 g/mol. The van der Waals surface area contributed by atoms with Crippen LogP contribution >= 0.6 is 0 Å². The summed E-state index contributed by atoms with van der Waals surface area (Å²) in [6, 6.07) is 8.30. The zero-order valence-corrected chi connectivity index (χ0v) is 8.73. The van der Waals surface area contributed by atoms with Gasteiger partial charge in [-0.2, -0.15) is 0 Å². The lowest BCUT2D eigenvalue weighted by atomic mass is 9.89. The number of nitrogens with two attached hydrogens (primary N) is 1. The Labute approximate surface area is 85.1 Å². The zero-order chi connectivity index (χ0) is 10.1. The van der Waals surface area contributed by atoms with Gasteiger partial charge in [0.25, 0.3) is 0 Å². The van der Waals surface area contributed by atoms with E-state index < -0.39 is 0 Å². The lowest BCUT2D eigenvalue weighted by molar-refractivity contribution is -0.0194. The van der Waals surface area contributed by atoms with Gasteiger partial charge in [-0.1, -0.05) is 38.1 Å². The Hall–Kier alpha value is -0.860. The van der Waals surface area contributed by atoms with Gasteiger partial charge < -0.3 is 10.5 Å². The molecule has 0 bridgehead atoms. The standard InChI is InChI=1S/C12H17NO/c1-8(2)12-11(13)10-6-4-3-5-9(10)7-14-12/h3-6,8,11-12H,7,13H2,1-2H3/t11-,12+/m1/s1. The molecule has 0 radical (unpaired) electrons. The topological polar surface area (TPSA) is 35.2 Å². The van der Waals surface area contributed by atoms with Crippen molar-refractivity contribution in [3.63, 3.8) is 0 Å². The van der Waals surface area contributed by atoms with E-state index in [1.807, 2.05) is 12.1 Å². The van der Waals surface area contributed by atoms with Gasteiger partial charge in [-0.05, 0) is 17.0 Å². The lowest BCUT2D eigenvalue weighted by Crippen LogP contribution is -2.37. The normalized spacial score (nSPS) is 26.3. The van der Waals surface area contributed by atoms with Crippen molar-refractivity contribution in [2.75, 3.05) is 0 Å². The maximum atomic E-state index is 6.17. The molecule has 2 rings (SSSR count). The van der Waals surface area contributed by atoms with Crippen LogP contribution in [0.1, 0.15) is 31.0 Å². The molecule has 0 unspecified atom stereocenters. The van der Waals surface area contributed by atoms with E-state index in [2.05, 4.69) is 26.0 Å². The summed E-state index contributed by atoms with van der Waals surface area (Å²) in [6.45, 7) is 5.00. The van der Waals surface area contributed by atoms with Gasteiger partial charge in [0.15, 0.2) is 0 Å². The fourth-order valence-corrected chi connectivity index (χ4v) is 2.06. The Morgan fingerprint density at radius 2 is 2.07 bits per heavy atom. The third-order valence-corrected chi connectivity index (χ3v) is 2.86. The molecule has 0 aliphatic carbocycles. The van der Waals surface area contributed by atoms with E-state index in [0.717, 1.165) is 0 Å². The second kappa shape index (κ2) is 3.71. The lowest BCUT2D eigenvalue weighted by Gasteiger charge is -2.33. The molecule has 0 fully saturated rings. The van der Waals surface area contributed by atoms with Crippen molar-refractivity contribution >= 4 is 0 Å². The maximum Gasteiger partial charge on any atom is 0.0795 e. The molecule has 14 heavy (non-hydrogen) atoms. The number of fused-ring (bicyclic) bond motifs is 1. The van der Waals surface area contributed by atoms with E-state index in [9.17, 15) is 0 Å². The molecule has 1 aliphatic rings. The molecule has 2 nitrogen and oxygen atoms in total. The summed E-state index contributed by atoms with van der Waals surface area (Å²) in [4.78, 5) is 0. The van der Waals surface area contributed by atoms with Crippen molar-refractivity contribution < 1.29 is 4.74 Å². The summed E-state index contributed by atoms with van der Waals surface area (Å²) in [5.41, 5.74) is 8.65. The molecule has 2 N–H and O–H groups in total. The largest absolute Gasteiger partial charge is 0.371 e. The molecule has 76 valence electrons. The van der Waals surface area contributed by atoms with Crippen LogP contribution in [-0.2, 0) is 11.3 Å². The third kappa shape index (κ3) is 1.56. The van der Waals surface area contributed by atoms with Gasteiger partial charge in [0.2, 0.25) is 0 Å². The first kappa shape index (κ1) is 9.69. The summed E-state index contributed by atoms with van der Waals surface area (Å²) in [5.74, 6) is 0.471. The molecule has 2 heteroatoms. The van der Waals surface area contributed by atoms with Crippen LogP contribution in [0.2, 0.25) is 0 Å². The van der Waals surface area contributed by atoms with Crippen LogP contribution < -0.4 is 5.73 Å². The second-order valence-electron chi connectivity index (χ2n) is 4.24. The van der Waals surface area contributed by atoms with Gasteiger partial charge >= 0.3 is 0 Å². The average molecular weight is 191 g/mol. The van der Waals surface area contributed by atoms with Gasteiger partial charge in [0.1, 0.15) is 0 Å². The van der Waals surface area contributed by atoms with Crippen molar-refractivity contribution in [2.45, 2.75) is 32.6 Å². The van der Waals surface area contributed by atoms with E-state index in [-0.39, 0.29) is 12.1 Å². The highest BCUT2D eigenvalue weighted by Crippen LogP contribution is 2.30. The molecule has 1 aliphatic heterocycles. The van der Waals surface area contributed by atoms with E-state index in [1.54, 1.807) is 0 Å². The van der Waals surface area contributed by atoms with Gasteiger partial charge in [0.05, 0.1) is 18.8 Å². The van der Waals surface area contributed by atoms with Crippen LogP contribution in [0.4, 0.5) is 0 Å². The second-order valence-corrected chi connectivity index (χ2v) is 4.24. The summed E-state index contributed by atoms with van der Waals surface area (Å²) >= 11 is 0. The van der Waals surface area contributed by atoms with Crippen molar-refractivity contribution in [1.29, 1.82) is 0 Å². The number of benzene rings is 1. The molecule has 0 spiro atoms. The highest BCUT2D eigenvalue weighted by Gasteiger charge is 2.29. The van der Waals surface area contributed by atoms with Gasteiger partial charge in [-0.3, -0.25) is 0 Å². The van der Waals surface area contributed by atoms with Crippen LogP contribution in [0.3, 0.4) is 0 Å². The molecule has 2 atom stereocenters. The van der Waals surface area contributed by atoms with Crippen molar-refractivity contribution in [3.05, 3.63) is 35.4 Å². The van der Waals surface area contributed by atoms with Crippen molar-refractivity contribution in [1.82, 2.24) is 0 Å². The Bertz CT molecular complexity index is 322. The summed E-state index contributed by atoms with van der Waals surface area (Å²) in [5, 5.41) is 0. The highest BCUT2D eigenvalue weighted by molar-refractivity contribution is 5.31. The first-order valence-electron chi connectivity index (χ1n) is 5.15. The molecule has 1 aromatic rings. The van der Waals surface area contributed by atoms with E-state index >= 15 is 0 Å². The number of hydrogen-bond acceptors (Lipinski definition) is 2. The van der Waals surface area contributed by atoms with Gasteiger partial charge in [-0.15, -0.1) is 0 Å². The highest BCUT2D eigenvalue weighted by atomic mass is 16.5. The van der Waals surface area contributed by atoms with Crippen LogP contribution in [0, 0.1) is 5.92 Å². The van der Waals surface area contributed by atoms with Gasteiger partial charge in [-0.25, -0.2) is 0 Å². The Morgan fingerprint density at radius 3 is 2.79 bits per heavy atom. The minimum absolute atomic E-state index is 0.0277. The number of rotatable bonds is 1.